The van der Waals surface area contributed by atoms with E-state index in [0.29, 0.717) is 6.10 Å². The highest BCUT2D eigenvalue weighted by atomic mass is 79.9. The number of ether oxygens (including phenoxy) is 1. The summed E-state index contributed by atoms with van der Waals surface area (Å²) < 4.78 is 6.63. The summed E-state index contributed by atoms with van der Waals surface area (Å²) in [7, 11) is 0. The van der Waals surface area contributed by atoms with Crippen molar-refractivity contribution in [3.05, 3.63) is 0 Å². The molecule has 0 amide bonds. The van der Waals surface area contributed by atoms with Gasteiger partial charge in [-0.3, -0.25) is 0 Å². The minimum atomic E-state index is 0.166. The van der Waals surface area contributed by atoms with Crippen LogP contribution in [-0.4, -0.2) is 17.0 Å². The van der Waals surface area contributed by atoms with Crippen molar-refractivity contribution in [2.75, 3.05) is 5.33 Å². The molecule has 0 bridgehead atoms. The van der Waals surface area contributed by atoms with Gasteiger partial charge < -0.3 is 4.74 Å². The minimum Gasteiger partial charge on any atom is -0.371 e. The predicted molar refractivity (Wildman–Crippen MR) is 86.0 cm³/mol. The van der Waals surface area contributed by atoms with E-state index in [1.807, 2.05) is 0 Å². The van der Waals surface area contributed by atoms with E-state index in [2.05, 4.69) is 22.9 Å². The first kappa shape index (κ1) is 15.8. The van der Waals surface area contributed by atoms with Gasteiger partial charge in [-0.2, -0.15) is 0 Å². The number of rotatable bonds is 5. The first-order chi connectivity index (χ1) is 9.28. The third kappa shape index (κ3) is 4.74. The molecule has 2 aliphatic carbocycles. The number of halogens is 1. The maximum absolute atomic E-state index is 6.63. The molecule has 2 saturated carbocycles. The normalized spacial score (nSPS) is 34.1. The SMILES string of the molecule is CCCC1CCC(CBr)(OC2CCCCCC2)CC1. The van der Waals surface area contributed by atoms with Crippen LogP contribution >= 0.6 is 15.9 Å². The molecule has 0 unspecified atom stereocenters. The summed E-state index contributed by atoms with van der Waals surface area (Å²) in [6, 6.07) is 0. The zero-order valence-corrected chi connectivity index (χ0v) is 14.2. The molecule has 0 saturated heterocycles. The molecule has 2 rings (SSSR count). The van der Waals surface area contributed by atoms with E-state index in [1.165, 1.54) is 77.0 Å². The Morgan fingerprint density at radius 2 is 1.63 bits per heavy atom. The Hall–Kier alpha value is 0.440. The molecule has 0 spiro atoms. The largest absolute Gasteiger partial charge is 0.371 e. The van der Waals surface area contributed by atoms with Gasteiger partial charge in [0.15, 0.2) is 0 Å². The van der Waals surface area contributed by atoms with Gasteiger partial charge in [0.05, 0.1) is 11.7 Å². The highest BCUT2D eigenvalue weighted by Crippen LogP contribution is 2.40. The Morgan fingerprint density at radius 1 is 1.00 bits per heavy atom. The third-order valence-corrected chi connectivity index (χ3v) is 6.20. The predicted octanol–water partition coefficient (Wildman–Crippen LogP) is 5.85. The number of alkyl halides is 1. The maximum Gasteiger partial charge on any atom is 0.0782 e. The van der Waals surface area contributed by atoms with Crippen LogP contribution in [0.15, 0.2) is 0 Å². The van der Waals surface area contributed by atoms with Crippen molar-refractivity contribution in [1.82, 2.24) is 0 Å². The standard InChI is InChI=1S/C17H31BrO/c1-2-7-15-10-12-17(14-18,13-11-15)19-16-8-5-3-4-6-9-16/h15-16H,2-14H2,1H3. The molecule has 112 valence electrons. The molecule has 0 radical (unpaired) electrons. The van der Waals surface area contributed by atoms with Crippen LogP contribution in [0.3, 0.4) is 0 Å². The Bertz CT molecular complexity index is 238. The molecule has 0 heterocycles. The van der Waals surface area contributed by atoms with E-state index in [9.17, 15) is 0 Å². The molecule has 2 heteroatoms. The molecule has 0 aromatic heterocycles. The van der Waals surface area contributed by atoms with Crippen LogP contribution in [0.4, 0.5) is 0 Å². The summed E-state index contributed by atoms with van der Waals surface area (Å²) in [5.74, 6) is 0.968. The zero-order chi connectivity index (χ0) is 13.6. The Labute approximate surface area is 128 Å². The second-order valence-corrected chi connectivity index (χ2v) is 7.34. The molecule has 2 aliphatic rings. The van der Waals surface area contributed by atoms with Crippen LogP contribution in [0.25, 0.3) is 0 Å². The van der Waals surface area contributed by atoms with Gasteiger partial charge in [0, 0.05) is 5.33 Å². The fourth-order valence-corrected chi connectivity index (χ4v) is 4.59. The van der Waals surface area contributed by atoms with Gasteiger partial charge in [0.1, 0.15) is 0 Å². The fourth-order valence-electron chi connectivity index (χ4n) is 3.90. The van der Waals surface area contributed by atoms with Gasteiger partial charge >= 0.3 is 0 Å². The average molecular weight is 331 g/mol. The van der Waals surface area contributed by atoms with Crippen molar-refractivity contribution >= 4 is 15.9 Å². The molecule has 0 aliphatic heterocycles. The van der Waals surface area contributed by atoms with Crippen LogP contribution < -0.4 is 0 Å². The molecule has 1 nitrogen and oxygen atoms in total. The first-order valence-electron chi connectivity index (χ1n) is 8.52. The Kier molecular flexibility index (Phi) is 6.68. The molecule has 0 aromatic carbocycles. The van der Waals surface area contributed by atoms with Gasteiger partial charge in [-0.25, -0.2) is 0 Å². The maximum atomic E-state index is 6.63. The van der Waals surface area contributed by atoms with Crippen LogP contribution in [-0.2, 0) is 4.74 Å². The van der Waals surface area contributed by atoms with Crippen LogP contribution in [0.2, 0.25) is 0 Å². The molecular formula is C17H31BrO. The van der Waals surface area contributed by atoms with Gasteiger partial charge in [-0.05, 0) is 44.4 Å². The fraction of sp³-hybridized carbons (Fsp3) is 1.00. The average Bonchev–Trinajstić information content (AvgIpc) is 2.70. The quantitative estimate of drug-likeness (QED) is 0.453. The minimum absolute atomic E-state index is 0.166. The van der Waals surface area contributed by atoms with E-state index in [-0.39, 0.29) is 5.60 Å². The highest BCUT2D eigenvalue weighted by Gasteiger charge is 2.37. The summed E-state index contributed by atoms with van der Waals surface area (Å²) in [6.45, 7) is 2.31. The van der Waals surface area contributed by atoms with Crippen molar-refractivity contribution in [1.29, 1.82) is 0 Å². The molecular weight excluding hydrogens is 300 g/mol. The summed E-state index contributed by atoms with van der Waals surface area (Å²) in [4.78, 5) is 0. The van der Waals surface area contributed by atoms with Crippen LogP contribution in [0, 0.1) is 5.92 Å². The second kappa shape index (κ2) is 8.02. The summed E-state index contributed by atoms with van der Waals surface area (Å²) in [5.41, 5.74) is 0.166. The monoisotopic (exact) mass is 330 g/mol. The zero-order valence-electron chi connectivity index (χ0n) is 12.6. The van der Waals surface area contributed by atoms with Crippen LogP contribution in [0.5, 0.6) is 0 Å². The summed E-state index contributed by atoms with van der Waals surface area (Å²) in [5, 5.41) is 1.04. The van der Waals surface area contributed by atoms with Crippen molar-refractivity contribution in [2.24, 2.45) is 5.92 Å². The molecule has 0 atom stereocenters. The molecule has 0 aromatic rings. The van der Waals surface area contributed by atoms with E-state index < -0.39 is 0 Å². The highest BCUT2D eigenvalue weighted by molar-refractivity contribution is 9.09. The molecule has 0 N–H and O–H groups in total. The third-order valence-electron chi connectivity index (χ3n) is 5.18. The van der Waals surface area contributed by atoms with Gasteiger partial charge in [-0.1, -0.05) is 61.4 Å². The number of hydrogen-bond donors (Lipinski definition) is 0. The Morgan fingerprint density at radius 3 is 2.16 bits per heavy atom. The lowest BCUT2D eigenvalue weighted by Crippen LogP contribution is -2.42. The lowest BCUT2D eigenvalue weighted by atomic mass is 9.78. The lowest BCUT2D eigenvalue weighted by Gasteiger charge is -2.41. The molecule has 2 fully saturated rings. The van der Waals surface area contributed by atoms with E-state index in [4.69, 9.17) is 4.74 Å². The van der Waals surface area contributed by atoms with Crippen molar-refractivity contribution in [3.63, 3.8) is 0 Å². The van der Waals surface area contributed by atoms with Gasteiger partial charge in [-0.15, -0.1) is 0 Å². The second-order valence-electron chi connectivity index (χ2n) is 6.78. The lowest BCUT2D eigenvalue weighted by molar-refractivity contribution is -0.108. The first-order valence-corrected chi connectivity index (χ1v) is 9.64. The smallest absolute Gasteiger partial charge is 0.0782 e. The van der Waals surface area contributed by atoms with Crippen molar-refractivity contribution in [3.8, 4) is 0 Å². The van der Waals surface area contributed by atoms with E-state index in [1.54, 1.807) is 0 Å². The molecule has 19 heavy (non-hydrogen) atoms. The van der Waals surface area contributed by atoms with Gasteiger partial charge in [0.2, 0.25) is 0 Å². The summed E-state index contributed by atoms with van der Waals surface area (Å²) >= 11 is 3.75. The van der Waals surface area contributed by atoms with E-state index in [0.717, 1.165) is 11.2 Å². The number of hydrogen-bond acceptors (Lipinski definition) is 1. The van der Waals surface area contributed by atoms with Crippen molar-refractivity contribution in [2.45, 2.75) is 95.7 Å². The Balaban J connectivity index is 1.84. The topological polar surface area (TPSA) is 9.23 Å². The van der Waals surface area contributed by atoms with Crippen LogP contribution in [0.1, 0.15) is 84.0 Å². The summed E-state index contributed by atoms with van der Waals surface area (Å²) in [6.07, 6.45) is 16.8. The van der Waals surface area contributed by atoms with Gasteiger partial charge in [0.25, 0.3) is 0 Å². The van der Waals surface area contributed by atoms with Crippen molar-refractivity contribution < 1.29 is 4.74 Å². The van der Waals surface area contributed by atoms with E-state index >= 15 is 0 Å².